The second-order valence-electron chi connectivity index (χ2n) is 5.34. The van der Waals surface area contributed by atoms with Crippen molar-refractivity contribution in [2.75, 3.05) is 0 Å². The fourth-order valence-corrected chi connectivity index (χ4v) is 3.73. The molecule has 1 amide bonds. The number of hydrazone groups is 1. The Balaban J connectivity index is 1.82. The Labute approximate surface area is 105 Å². The number of hydrogen-bond donors (Lipinski definition) is 2. The molecule has 6 heteroatoms. The zero-order chi connectivity index (χ0) is 12.0. The van der Waals surface area contributed by atoms with Crippen molar-refractivity contribution in [2.24, 2.45) is 11.0 Å². The summed E-state index contributed by atoms with van der Waals surface area (Å²) >= 11 is 1.51. The highest BCUT2D eigenvalue weighted by atomic mass is 32.2. The van der Waals surface area contributed by atoms with E-state index in [1.807, 2.05) is 6.92 Å². The Morgan fingerprint density at radius 3 is 3.12 bits per heavy atom. The summed E-state index contributed by atoms with van der Waals surface area (Å²) in [7, 11) is 0. The van der Waals surface area contributed by atoms with E-state index in [0.717, 1.165) is 18.0 Å². The van der Waals surface area contributed by atoms with Gasteiger partial charge in [-0.25, -0.2) is 5.01 Å². The van der Waals surface area contributed by atoms with Gasteiger partial charge in [-0.3, -0.25) is 10.2 Å². The molecule has 1 saturated heterocycles. The average Bonchev–Trinajstić information content (AvgIpc) is 2.56. The second kappa shape index (κ2) is 3.88. The Morgan fingerprint density at radius 2 is 2.35 bits per heavy atom. The fraction of sp³-hybridized carbons (Fsp3) is 0.818. The van der Waals surface area contributed by atoms with Gasteiger partial charge in [0.2, 0.25) is 5.17 Å². The number of carbonyl (C=O) groups excluding carboxylic acids is 1. The SMILES string of the molecule is CC1CCCC2(C1)NN=C1SC(C)C(=O)N1N2. The first-order valence-corrected chi connectivity index (χ1v) is 7.11. The molecule has 0 bridgehead atoms. The number of rotatable bonds is 0. The molecule has 2 N–H and O–H groups in total. The summed E-state index contributed by atoms with van der Waals surface area (Å²) < 4.78 is 0. The quantitative estimate of drug-likeness (QED) is 0.683. The monoisotopic (exact) mass is 254 g/mol. The summed E-state index contributed by atoms with van der Waals surface area (Å²) in [6.45, 7) is 4.18. The van der Waals surface area contributed by atoms with Crippen molar-refractivity contribution in [3.05, 3.63) is 0 Å². The number of carbonyl (C=O) groups is 1. The molecule has 17 heavy (non-hydrogen) atoms. The van der Waals surface area contributed by atoms with Crippen molar-refractivity contribution in [3.8, 4) is 0 Å². The van der Waals surface area contributed by atoms with Crippen LogP contribution in [0.1, 0.15) is 39.5 Å². The van der Waals surface area contributed by atoms with Crippen molar-refractivity contribution in [2.45, 2.75) is 50.4 Å². The number of nitrogens with one attached hydrogen (secondary N) is 2. The molecule has 2 fully saturated rings. The van der Waals surface area contributed by atoms with Gasteiger partial charge in [0, 0.05) is 0 Å². The van der Waals surface area contributed by atoms with Crippen molar-refractivity contribution < 1.29 is 4.79 Å². The predicted octanol–water partition coefficient (Wildman–Crippen LogP) is 1.24. The van der Waals surface area contributed by atoms with Crippen LogP contribution in [0.15, 0.2) is 5.10 Å². The third-order valence-electron chi connectivity index (χ3n) is 3.73. The molecular formula is C11H18N4OS. The van der Waals surface area contributed by atoms with Crippen molar-refractivity contribution in [1.29, 1.82) is 0 Å². The van der Waals surface area contributed by atoms with E-state index in [0.29, 0.717) is 5.92 Å². The summed E-state index contributed by atoms with van der Waals surface area (Å²) in [5.74, 6) is 0.788. The number of hydrogen-bond acceptors (Lipinski definition) is 5. The molecule has 94 valence electrons. The van der Waals surface area contributed by atoms with Crippen LogP contribution in [-0.4, -0.2) is 27.0 Å². The van der Waals surface area contributed by atoms with Crippen LogP contribution in [0.2, 0.25) is 0 Å². The van der Waals surface area contributed by atoms with Crippen molar-refractivity contribution >= 4 is 22.8 Å². The molecule has 5 nitrogen and oxygen atoms in total. The van der Waals surface area contributed by atoms with Crippen LogP contribution in [0.3, 0.4) is 0 Å². The predicted molar refractivity (Wildman–Crippen MR) is 68.0 cm³/mol. The molecule has 0 aromatic carbocycles. The van der Waals surface area contributed by atoms with Gasteiger partial charge in [-0.15, -0.1) is 0 Å². The van der Waals surface area contributed by atoms with Crippen LogP contribution < -0.4 is 10.9 Å². The van der Waals surface area contributed by atoms with E-state index in [-0.39, 0.29) is 16.8 Å². The van der Waals surface area contributed by atoms with E-state index in [9.17, 15) is 4.79 Å². The van der Waals surface area contributed by atoms with E-state index in [2.05, 4.69) is 22.9 Å². The van der Waals surface area contributed by atoms with E-state index < -0.39 is 0 Å². The maximum absolute atomic E-state index is 12.0. The zero-order valence-corrected chi connectivity index (χ0v) is 11.0. The molecule has 2 aliphatic heterocycles. The molecule has 3 atom stereocenters. The van der Waals surface area contributed by atoms with Crippen LogP contribution in [0.25, 0.3) is 0 Å². The van der Waals surface area contributed by atoms with Crippen LogP contribution >= 0.6 is 11.8 Å². The van der Waals surface area contributed by atoms with Crippen LogP contribution in [0.5, 0.6) is 0 Å². The minimum absolute atomic E-state index is 0.0285. The van der Waals surface area contributed by atoms with Gasteiger partial charge in [0.25, 0.3) is 5.91 Å². The van der Waals surface area contributed by atoms with Crippen molar-refractivity contribution in [1.82, 2.24) is 15.9 Å². The zero-order valence-electron chi connectivity index (χ0n) is 10.2. The molecule has 1 spiro atoms. The number of amides is 1. The maximum Gasteiger partial charge on any atom is 0.256 e. The molecule has 1 aliphatic carbocycles. The fourth-order valence-electron chi connectivity index (χ4n) is 2.86. The lowest BCUT2D eigenvalue weighted by Crippen LogP contribution is -2.67. The van der Waals surface area contributed by atoms with Crippen LogP contribution in [-0.2, 0) is 4.79 Å². The Kier molecular flexibility index (Phi) is 2.59. The normalized spacial score (nSPS) is 41.2. The summed E-state index contributed by atoms with van der Waals surface area (Å²) in [6.07, 6.45) is 4.49. The van der Waals surface area contributed by atoms with Gasteiger partial charge in [-0.05, 0) is 32.1 Å². The molecule has 3 unspecified atom stereocenters. The summed E-state index contributed by atoms with van der Waals surface area (Å²) in [5.41, 5.74) is 6.40. The van der Waals surface area contributed by atoms with E-state index in [1.165, 1.54) is 24.6 Å². The molecule has 3 aliphatic rings. The van der Waals surface area contributed by atoms with Crippen molar-refractivity contribution in [3.63, 3.8) is 0 Å². The number of nitrogens with zero attached hydrogens (tertiary/aromatic N) is 2. The van der Waals surface area contributed by atoms with Gasteiger partial charge < -0.3 is 0 Å². The maximum atomic E-state index is 12.0. The average molecular weight is 254 g/mol. The molecule has 2 heterocycles. The number of hydrazine groups is 1. The lowest BCUT2D eigenvalue weighted by atomic mass is 9.82. The second-order valence-corrected chi connectivity index (χ2v) is 6.64. The third kappa shape index (κ3) is 1.83. The largest absolute Gasteiger partial charge is 0.286 e. The number of thioether (sulfide) groups is 1. The van der Waals surface area contributed by atoms with Crippen LogP contribution in [0, 0.1) is 5.92 Å². The molecule has 0 radical (unpaired) electrons. The number of fused-ring (bicyclic) bond motifs is 1. The first kappa shape index (κ1) is 11.3. The third-order valence-corrected chi connectivity index (χ3v) is 4.77. The summed E-state index contributed by atoms with van der Waals surface area (Å²) in [5, 5.41) is 6.75. The highest BCUT2D eigenvalue weighted by Gasteiger charge is 2.46. The Bertz CT molecular complexity index is 386. The van der Waals surface area contributed by atoms with Gasteiger partial charge in [-0.2, -0.15) is 10.5 Å². The Morgan fingerprint density at radius 1 is 1.53 bits per heavy atom. The highest BCUT2D eigenvalue weighted by Crippen LogP contribution is 2.35. The van der Waals surface area contributed by atoms with Crippen LogP contribution in [0.4, 0.5) is 0 Å². The van der Waals surface area contributed by atoms with Gasteiger partial charge >= 0.3 is 0 Å². The van der Waals surface area contributed by atoms with Gasteiger partial charge in [0.05, 0.1) is 5.25 Å². The summed E-state index contributed by atoms with van der Waals surface area (Å²) in [4.78, 5) is 12.0. The standard InChI is InChI=1S/C11H18N4OS/c1-7-4-3-5-11(6-7)13-12-10-15(14-11)9(16)8(2)17-10/h7-8,13-14H,3-6H2,1-2H3. The first-order chi connectivity index (χ1) is 8.10. The number of amidine groups is 1. The van der Waals surface area contributed by atoms with Gasteiger partial charge in [0.15, 0.2) is 0 Å². The van der Waals surface area contributed by atoms with Gasteiger partial charge in [-0.1, -0.05) is 25.1 Å². The molecular weight excluding hydrogens is 236 g/mol. The highest BCUT2D eigenvalue weighted by molar-refractivity contribution is 8.15. The van der Waals surface area contributed by atoms with E-state index in [1.54, 1.807) is 5.01 Å². The molecule has 1 saturated carbocycles. The molecule has 0 aromatic rings. The smallest absolute Gasteiger partial charge is 0.256 e. The lowest BCUT2D eigenvalue weighted by molar-refractivity contribution is -0.131. The molecule has 3 rings (SSSR count). The minimum atomic E-state index is -0.207. The lowest BCUT2D eigenvalue weighted by Gasteiger charge is -2.44. The Hall–Kier alpha value is -0.750. The van der Waals surface area contributed by atoms with E-state index >= 15 is 0 Å². The molecule has 0 aromatic heterocycles. The summed E-state index contributed by atoms with van der Waals surface area (Å²) in [6, 6.07) is 0. The van der Waals surface area contributed by atoms with E-state index in [4.69, 9.17) is 0 Å². The van der Waals surface area contributed by atoms with Gasteiger partial charge in [0.1, 0.15) is 5.66 Å². The topological polar surface area (TPSA) is 56.7 Å². The minimum Gasteiger partial charge on any atom is -0.286 e. The first-order valence-electron chi connectivity index (χ1n) is 6.23.